The zero-order valence-corrected chi connectivity index (χ0v) is 13.4. The molecule has 0 unspecified atom stereocenters. The maximum atomic E-state index is 11.8. The van der Waals surface area contributed by atoms with E-state index in [0.29, 0.717) is 11.5 Å². The zero-order chi connectivity index (χ0) is 17.5. The number of hydrogen-bond acceptors (Lipinski definition) is 5. The molecule has 0 bridgehead atoms. The van der Waals surface area contributed by atoms with Crippen molar-refractivity contribution in [1.82, 2.24) is 25.2 Å². The predicted molar refractivity (Wildman–Crippen MR) is 89.5 cm³/mol. The van der Waals surface area contributed by atoms with E-state index in [1.807, 2.05) is 54.7 Å². The largest absolute Gasteiger partial charge is 0.445 e. The summed E-state index contributed by atoms with van der Waals surface area (Å²) in [7, 11) is 0. The zero-order valence-electron chi connectivity index (χ0n) is 13.4. The lowest BCUT2D eigenvalue weighted by atomic mass is 10.2. The van der Waals surface area contributed by atoms with Gasteiger partial charge in [0, 0.05) is 6.20 Å². The summed E-state index contributed by atoms with van der Waals surface area (Å²) in [5, 5.41) is 13.1. The van der Waals surface area contributed by atoms with Crippen molar-refractivity contribution < 1.29 is 14.3 Å². The highest BCUT2D eigenvalue weighted by molar-refractivity contribution is 5.82. The number of ether oxygens (including phenoxy) is 1. The summed E-state index contributed by atoms with van der Waals surface area (Å²) < 4.78 is 6.81. The number of alkyl carbamates (subject to hydrolysis) is 1. The second-order valence-electron chi connectivity index (χ2n) is 5.24. The smallest absolute Gasteiger partial charge is 0.407 e. The van der Waals surface area contributed by atoms with Crippen molar-refractivity contribution in [2.75, 3.05) is 6.54 Å². The van der Waals surface area contributed by atoms with Gasteiger partial charge in [-0.2, -0.15) is 0 Å². The molecule has 25 heavy (non-hydrogen) atoms. The highest BCUT2D eigenvalue weighted by Gasteiger charge is 2.09. The van der Waals surface area contributed by atoms with E-state index in [2.05, 4.69) is 20.8 Å². The maximum absolute atomic E-state index is 11.8. The Morgan fingerprint density at radius 3 is 2.64 bits per heavy atom. The number of amides is 2. The maximum Gasteiger partial charge on any atom is 0.407 e. The molecule has 0 radical (unpaired) electrons. The summed E-state index contributed by atoms with van der Waals surface area (Å²) >= 11 is 0. The lowest BCUT2D eigenvalue weighted by molar-refractivity contribution is -0.120. The number of pyridine rings is 1. The highest BCUT2D eigenvalue weighted by Crippen LogP contribution is 2.02. The van der Waals surface area contributed by atoms with Crippen LogP contribution in [0.2, 0.25) is 0 Å². The molecule has 2 amide bonds. The van der Waals surface area contributed by atoms with Gasteiger partial charge in [0.25, 0.3) is 0 Å². The Morgan fingerprint density at radius 1 is 1.00 bits per heavy atom. The second-order valence-corrected chi connectivity index (χ2v) is 5.24. The molecule has 0 aliphatic rings. The minimum Gasteiger partial charge on any atom is -0.445 e. The molecule has 128 valence electrons. The Hall–Kier alpha value is -3.42. The number of carbonyl (C=O) groups is 2. The van der Waals surface area contributed by atoms with Crippen LogP contribution in [0.3, 0.4) is 0 Å². The Kier molecular flexibility index (Phi) is 5.20. The fraction of sp³-hybridized carbons (Fsp3) is 0.176. The molecule has 3 rings (SSSR count). The summed E-state index contributed by atoms with van der Waals surface area (Å²) in [4.78, 5) is 23.4. The fourth-order valence-electron chi connectivity index (χ4n) is 2.18. The molecule has 8 heteroatoms. The first-order valence-electron chi connectivity index (χ1n) is 7.72. The van der Waals surface area contributed by atoms with E-state index in [9.17, 15) is 9.59 Å². The molecule has 0 saturated heterocycles. The lowest BCUT2D eigenvalue weighted by Gasteiger charge is -2.07. The van der Waals surface area contributed by atoms with Gasteiger partial charge in [0.05, 0.1) is 6.54 Å². The van der Waals surface area contributed by atoms with Crippen molar-refractivity contribution >= 4 is 17.6 Å². The lowest BCUT2D eigenvalue weighted by Crippen LogP contribution is -2.37. The number of benzene rings is 1. The van der Waals surface area contributed by atoms with Crippen LogP contribution < -0.4 is 10.6 Å². The Morgan fingerprint density at radius 2 is 1.80 bits per heavy atom. The van der Waals surface area contributed by atoms with E-state index >= 15 is 0 Å². The molecular formula is C17H17N5O3. The van der Waals surface area contributed by atoms with E-state index in [0.717, 1.165) is 5.56 Å². The predicted octanol–water partition coefficient (Wildman–Crippen LogP) is 1.27. The first-order valence-corrected chi connectivity index (χ1v) is 7.72. The summed E-state index contributed by atoms with van der Waals surface area (Å²) in [5.74, 6) is 0.264. The summed E-state index contributed by atoms with van der Waals surface area (Å²) in [6.45, 7) is 0.190. The monoisotopic (exact) mass is 339 g/mol. The number of rotatable bonds is 6. The molecule has 0 aliphatic carbocycles. The third-order valence-electron chi connectivity index (χ3n) is 3.43. The van der Waals surface area contributed by atoms with Gasteiger partial charge >= 0.3 is 6.09 Å². The SMILES string of the molecule is O=C(CNC(=O)OCc1ccccc1)NCc1nnc2ccccn12. The van der Waals surface area contributed by atoms with Crippen LogP contribution in [0.15, 0.2) is 54.7 Å². The molecule has 3 aromatic rings. The topological polar surface area (TPSA) is 97.6 Å². The van der Waals surface area contributed by atoms with Crippen molar-refractivity contribution in [2.24, 2.45) is 0 Å². The van der Waals surface area contributed by atoms with E-state index < -0.39 is 6.09 Å². The standard InChI is InChI=1S/C17H17N5O3/c23-16(11-19-17(24)25-12-13-6-2-1-3-7-13)18-10-15-21-20-14-8-4-5-9-22(14)15/h1-9H,10-12H2,(H,18,23)(H,19,24). The van der Waals surface area contributed by atoms with E-state index in [1.165, 1.54) is 0 Å². The van der Waals surface area contributed by atoms with Gasteiger partial charge in [0.15, 0.2) is 11.5 Å². The van der Waals surface area contributed by atoms with Gasteiger partial charge in [-0.15, -0.1) is 10.2 Å². The first-order chi connectivity index (χ1) is 12.2. The van der Waals surface area contributed by atoms with Gasteiger partial charge in [-0.1, -0.05) is 36.4 Å². The van der Waals surface area contributed by atoms with Gasteiger partial charge in [-0.05, 0) is 17.7 Å². The average Bonchev–Trinajstić information content (AvgIpc) is 3.07. The Labute approximate surface area is 143 Å². The third-order valence-corrected chi connectivity index (χ3v) is 3.43. The summed E-state index contributed by atoms with van der Waals surface area (Å²) in [5.41, 5.74) is 1.58. The molecule has 1 aromatic carbocycles. The molecule has 2 heterocycles. The van der Waals surface area contributed by atoms with E-state index in [-0.39, 0.29) is 25.6 Å². The van der Waals surface area contributed by atoms with Crippen LogP contribution in [0, 0.1) is 0 Å². The number of carbonyl (C=O) groups excluding carboxylic acids is 2. The number of nitrogens with zero attached hydrogens (tertiary/aromatic N) is 3. The minimum atomic E-state index is -0.646. The van der Waals surface area contributed by atoms with Crippen LogP contribution in [0.25, 0.3) is 5.65 Å². The van der Waals surface area contributed by atoms with Crippen LogP contribution in [0.1, 0.15) is 11.4 Å². The minimum absolute atomic E-state index is 0.153. The van der Waals surface area contributed by atoms with Gasteiger partial charge < -0.3 is 15.4 Å². The van der Waals surface area contributed by atoms with Crippen molar-refractivity contribution in [2.45, 2.75) is 13.2 Å². The van der Waals surface area contributed by atoms with Crippen LogP contribution in [0.4, 0.5) is 4.79 Å². The van der Waals surface area contributed by atoms with Crippen LogP contribution in [-0.2, 0) is 22.7 Å². The highest BCUT2D eigenvalue weighted by atomic mass is 16.5. The average molecular weight is 339 g/mol. The molecule has 2 aromatic heterocycles. The van der Waals surface area contributed by atoms with Gasteiger partial charge in [0.2, 0.25) is 5.91 Å². The normalized spacial score (nSPS) is 10.4. The molecule has 0 saturated carbocycles. The van der Waals surface area contributed by atoms with E-state index in [4.69, 9.17) is 4.74 Å². The van der Waals surface area contributed by atoms with Gasteiger partial charge in [-0.3, -0.25) is 9.20 Å². The molecule has 0 fully saturated rings. The molecule has 0 atom stereocenters. The van der Waals surface area contributed by atoms with E-state index in [1.54, 1.807) is 4.40 Å². The molecular weight excluding hydrogens is 322 g/mol. The van der Waals surface area contributed by atoms with Crippen molar-refractivity contribution in [3.63, 3.8) is 0 Å². The van der Waals surface area contributed by atoms with Crippen molar-refractivity contribution in [3.8, 4) is 0 Å². The quantitative estimate of drug-likeness (QED) is 0.705. The molecule has 0 aliphatic heterocycles. The fourth-order valence-corrected chi connectivity index (χ4v) is 2.18. The number of fused-ring (bicyclic) bond motifs is 1. The van der Waals surface area contributed by atoms with Gasteiger partial charge in [-0.25, -0.2) is 4.79 Å². The van der Waals surface area contributed by atoms with Crippen LogP contribution in [0.5, 0.6) is 0 Å². The van der Waals surface area contributed by atoms with Gasteiger partial charge in [0.1, 0.15) is 13.2 Å². The summed E-state index contributed by atoms with van der Waals surface area (Å²) in [6, 6.07) is 14.8. The molecule has 8 nitrogen and oxygen atoms in total. The Bertz CT molecular complexity index is 863. The van der Waals surface area contributed by atoms with Crippen LogP contribution in [-0.4, -0.2) is 33.1 Å². The number of hydrogen-bond donors (Lipinski definition) is 2. The first kappa shape index (κ1) is 16.4. The number of aromatic nitrogens is 3. The number of nitrogens with one attached hydrogen (secondary N) is 2. The van der Waals surface area contributed by atoms with Crippen molar-refractivity contribution in [3.05, 3.63) is 66.1 Å². The second kappa shape index (κ2) is 7.91. The molecule has 2 N–H and O–H groups in total. The summed E-state index contributed by atoms with van der Waals surface area (Å²) in [6.07, 6.45) is 1.17. The Balaban J connectivity index is 1.40. The third kappa shape index (κ3) is 4.54. The van der Waals surface area contributed by atoms with Crippen LogP contribution >= 0.6 is 0 Å². The van der Waals surface area contributed by atoms with Crippen molar-refractivity contribution in [1.29, 1.82) is 0 Å². The molecule has 0 spiro atoms.